The molecule has 0 bridgehead atoms. The van der Waals surface area contributed by atoms with Crippen molar-refractivity contribution >= 4 is 19.2 Å². The molecule has 0 fully saturated rings. The van der Waals surface area contributed by atoms with Crippen molar-refractivity contribution in [2.24, 2.45) is 5.41 Å². The molecule has 0 saturated heterocycles. The summed E-state index contributed by atoms with van der Waals surface area (Å²) >= 11 is 0. The fraction of sp³-hybridized carbons (Fsp3) is 0.652. The van der Waals surface area contributed by atoms with Gasteiger partial charge < -0.3 is 14.4 Å². The zero-order valence-corrected chi connectivity index (χ0v) is 19.5. The van der Waals surface area contributed by atoms with Crippen molar-refractivity contribution in [2.45, 2.75) is 65.2 Å². The molecule has 0 aliphatic heterocycles. The Morgan fingerprint density at radius 2 is 1.59 bits per heavy atom. The second-order valence-corrected chi connectivity index (χ2v) is 9.50. The van der Waals surface area contributed by atoms with Crippen molar-refractivity contribution in [2.75, 3.05) is 27.2 Å². The Kier molecular flexibility index (Phi) is 8.95. The summed E-state index contributed by atoms with van der Waals surface area (Å²) in [5.74, 6) is -0.457. The average Bonchev–Trinajstić information content (AvgIpc) is 2.66. The quantitative estimate of drug-likeness (QED) is 0.412. The summed E-state index contributed by atoms with van der Waals surface area (Å²) in [6.45, 7) is 12.5. The first-order valence-corrected chi connectivity index (χ1v) is 10.4. The molecule has 0 spiro atoms. The average molecular weight is 403 g/mol. The van der Waals surface area contributed by atoms with Gasteiger partial charge in [-0.1, -0.05) is 64.3 Å². The second-order valence-electron chi connectivity index (χ2n) is 9.50. The van der Waals surface area contributed by atoms with E-state index in [2.05, 4.69) is 0 Å². The van der Waals surface area contributed by atoms with Crippen molar-refractivity contribution in [1.82, 2.24) is 4.90 Å². The number of hydrogen-bond acceptors (Lipinski definition) is 5. The molecule has 29 heavy (non-hydrogen) atoms. The van der Waals surface area contributed by atoms with Gasteiger partial charge in [0.15, 0.2) is 0 Å². The molecule has 1 aromatic carbocycles. The first-order valence-electron chi connectivity index (χ1n) is 10.4. The van der Waals surface area contributed by atoms with Gasteiger partial charge in [-0.15, -0.1) is 0 Å². The first-order chi connectivity index (χ1) is 13.3. The zero-order chi connectivity index (χ0) is 22.3. The van der Waals surface area contributed by atoms with Crippen molar-refractivity contribution in [1.29, 1.82) is 0 Å². The standard InChI is InChI=1S/C23H38BNO4/c1-9-23(6,20(27)28-16-15-25(7)8)24-17-21(2,3)19(26)29-22(4,5)18-13-11-10-12-14-18/h10-14,24H,9,15-17H2,1-8H3. The van der Waals surface area contributed by atoms with Crippen LogP contribution in [0.2, 0.25) is 11.6 Å². The molecule has 6 heteroatoms. The molecular formula is C23H38BNO4. The minimum Gasteiger partial charge on any atom is -0.464 e. The van der Waals surface area contributed by atoms with Gasteiger partial charge in [-0.05, 0) is 39.9 Å². The van der Waals surface area contributed by atoms with E-state index in [1.54, 1.807) is 0 Å². The molecule has 5 nitrogen and oxygen atoms in total. The van der Waals surface area contributed by atoms with Crippen molar-refractivity contribution in [3.63, 3.8) is 0 Å². The van der Waals surface area contributed by atoms with E-state index in [9.17, 15) is 9.59 Å². The maximum absolute atomic E-state index is 12.9. The number of likely N-dealkylation sites (N-methyl/N-ethyl adjacent to an activating group) is 1. The van der Waals surface area contributed by atoms with E-state index >= 15 is 0 Å². The molecule has 0 aromatic heterocycles. The minimum absolute atomic E-state index is 0.198. The molecule has 0 amide bonds. The SMILES string of the molecule is CCC(C)(BCC(C)(C)C(=O)OC(C)(C)c1ccccc1)C(=O)OCCN(C)C. The van der Waals surface area contributed by atoms with Crippen LogP contribution in [0, 0.1) is 5.41 Å². The van der Waals surface area contributed by atoms with Crippen LogP contribution in [0.1, 0.15) is 53.5 Å². The normalized spacial score (nSPS) is 14.2. The van der Waals surface area contributed by atoms with Crippen molar-refractivity contribution in [3.05, 3.63) is 35.9 Å². The molecule has 1 rings (SSSR count). The molecule has 1 aromatic rings. The lowest BCUT2D eigenvalue weighted by molar-refractivity contribution is -0.167. The molecule has 162 valence electrons. The summed E-state index contributed by atoms with van der Waals surface area (Å²) in [5.41, 5.74) is -0.465. The van der Waals surface area contributed by atoms with Crippen LogP contribution in [0.4, 0.5) is 0 Å². The van der Waals surface area contributed by atoms with Gasteiger partial charge in [-0.3, -0.25) is 9.59 Å². The Bertz CT molecular complexity index is 673. The molecule has 1 atom stereocenters. The highest BCUT2D eigenvalue weighted by Crippen LogP contribution is 2.37. The predicted octanol–water partition coefficient (Wildman–Crippen LogP) is 4.04. The Hall–Kier alpha value is -1.82. The highest BCUT2D eigenvalue weighted by molar-refractivity contribution is 6.47. The summed E-state index contributed by atoms with van der Waals surface area (Å²) < 4.78 is 11.4. The molecule has 0 radical (unpaired) electrons. The third-order valence-corrected chi connectivity index (χ3v) is 5.72. The Morgan fingerprint density at radius 3 is 2.10 bits per heavy atom. The lowest BCUT2D eigenvalue weighted by Crippen LogP contribution is -2.38. The number of carbonyl (C=O) groups is 2. The van der Waals surface area contributed by atoms with Gasteiger partial charge in [0.05, 0.1) is 5.41 Å². The summed E-state index contributed by atoms with van der Waals surface area (Å²) in [4.78, 5) is 27.5. The van der Waals surface area contributed by atoms with Gasteiger partial charge in [-0.2, -0.15) is 0 Å². The maximum Gasteiger partial charge on any atom is 0.311 e. The molecule has 0 N–H and O–H groups in total. The van der Waals surface area contributed by atoms with E-state index in [-0.39, 0.29) is 11.9 Å². The molecule has 0 aliphatic rings. The fourth-order valence-corrected chi connectivity index (χ4v) is 2.88. The van der Waals surface area contributed by atoms with Crippen LogP contribution >= 0.6 is 0 Å². The van der Waals surface area contributed by atoms with Crippen LogP contribution in [0.3, 0.4) is 0 Å². The van der Waals surface area contributed by atoms with Crippen LogP contribution in [-0.2, 0) is 24.7 Å². The Balaban J connectivity index is 2.73. The smallest absolute Gasteiger partial charge is 0.311 e. The van der Waals surface area contributed by atoms with Gasteiger partial charge in [0, 0.05) is 11.9 Å². The monoisotopic (exact) mass is 403 g/mol. The number of ether oxygens (including phenoxy) is 2. The summed E-state index contributed by atoms with van der Waals surface area (Å²) in [7, 11) is 4.45. The van der Waals surface area contributed by atoms with E-state index in [0.29, 0.717) is 33.2 Å². The van der Waals surface area contributed by atoms with Gasteiger partial charge in [0.25, 0.3) is 0 Å². The van der Waals surface area contributed by atoms with Gasteiger partial charge in [0.1, 0.15) is 19.5 Å². The lowest BCUT2D eigenvalue weighted by atomic mass is 9.46. The number of nitrogens with zero attached hydrogens (tertiary/aromatic N) is 1. The van der Waals surface area contributed by atoms with Crippen molar-refractivity contribution in [3.8, 4) is 0 Å². The number of carbonyl (C=O) groups excluding carboxylic acids is 2. The summed E-state index contributed by atoms with van der Waals surface area (Å²) in [5, 5.41) is -0.612. The Labute approximate surface area is 177 Å². The number of hydrogen-bond donors (Lipinski definition) is 0. The number of benzene rings is 1. The largest absolute Gasteiger partial charge is 0.464 e. The van der Waals surface area contributed by atoms with E-state index in [4.69, 9.17) is 9.47 Å². The fourth-order valence-electron chi connectivity index (χ4n) is 2.88. The van der Waals surface area contributed by atoms with Gasteiger partial charge in [-0.25, -0.2) is 0 Å². The predicted molar refractivity (Wildman–Crippen MR) is 119 cm³/mol. The molecule has 0 saturated carbocycles. The Morgan fingerprint density at radius 1 is 1.00 bits per heavy atom. The summed E-state index contributed by atoms with van der Waals surface area (Å²) in [6, 6.07) is 9.72. The third kappa shape index (κ3) is 7.50. The van der Waals surface area contributed by atoms with Crippen LogP contribution in [0.25, 0.3) is 0 Å². The van der Waals surface area contributed by atoms with Crippen LogP contribution < -0.4 is 0 Å². The van der Waals surface area contributed by atoms with Crippen molar-refractivity contribution < 1.29 is 19.1 Å². The maximum atomic E-state index is 12.9. The number of esters is 2. The molecular weight excluding hydrogens is 365 g/mol. The first kappa shape index (κ1) is 25.2. The van der Waals surface area contributed by atoms with E-state index < -0.39 is 16.3 Å². The zero-order valence-electron chi connectivity index (χ0n) is 19.5. The van der Waals surface area contributed by atoms with Crippen LogP contribution in [0.15, 0.2) is 30.3 Å². The molecule has 0 aliphatic carbocycles. The second kappa shape index (κ2) is 10.3. The van der Waals surface area contributed by atoms with E-state index in [0.717, 1.165) is 5.56 Å². The molecule has 1 unspecified atom stereocenters. The van der Waals surface area contributed by atoms with Gasteiger partial charge in [0.2, 0.25) is 0 Å². The minimum atomic E-state index is -0.714. The van der Waals surface area contributed by atoms with E-state index in [1.807, 2.05) is 90.9 Å². The van der Waals surface area contributed by atoms with Crippen LogP contribution in [-0.4, -0.2) is 51.4 Å². The van der Waals surface area contributed by atoms with Gasteiger partial charge >= 0.3 is 11.9 Å². The lowest BCUT2D eigenvalue weighted by Gasteiger charge is -2.33. The summed E-state index contributed by atoms with van der Waals surface area (Å²) in [6.07, 6.45) is 1.21. The number of rotatable bonds is 11. The van der Waals surface area contributed by atoms with Crippen LogP contribution in [0.5, 0.6) is 0 Å². The molecule has 0 heterocycles. The third-order valence-electron chi connectivity index (χ3n) is 5.72. The highest BCUT2D eigenvalue weighted by Gasteiger charge is 2.40. The topological polar surface area (TPSA) is 55.8 Å². The van der Waals surface area contributed by atoms with E-state index in [1.165, 1.54) is 0 Å². The highest BCUT2D eigenvalue weighted by atomic mass is 16.6.